The third-order valence-electron chi connectivity index (χ3n) is 1.34. The first-order chi connectivity index (χ1) is 5.27. The van der Waals surface area contributed by atoms with Crippen molar-refractivity contribution >= 4 is 5.84 Å². The summed E-state index contributed by atoms with van der Waals surface area (Å²) in [7, 11) is 3.51. The van der Waals surface area contributed by atoms with Crippen LogP contribution in [0, 0.1) is 0 Å². The van der Waals surface area contributed by atoms with Crippen molar-refractivity contribution in [1.82, 2.24) is 15.2 Å². The van der Waals surface area contributed by atoms with Crippen LogP contribution in [0.1, 0.15) is 5.56 Å². The Balaban J connectivity index is 2.91. The van der Waals surface area contributed by atoms with E-state index in [0.29, 0.717) is 5.84 Å². The minimum atomic E-state index is 0.637. The summed E-state index contributed by atoms with van der Waals surface area (Å²) < 4.78 is 1.69. The summed E-state index contributed by atoms with van der Waals surface area (Å²) in [5.41, 5.74) is 3.36. The molecule has 0 aliphatic heterocycles. The van der Waals surface area contributed by atoms with Gasteiger partial charge in [-0.05, 0) is 0 Å². The summed E-state index contributed by atoms with van der Waals surface area (Å²) in [5.74, 6) is 5.84. The van der Waals surface area contributed by atoms with E-state index in [1.54, 1.807) is 17.9 Å². The van der Waals surface area contributed by atoms with Crippen molar-refractivity contribution in [3.8, 4) is 0 Å². The number of nitrogens with one attached hydrogen (secondary N) is 1. The van der Waals surface area contributed by atoms with Gasteiger partial charge in [0.05, 0.1) is 11.8 Å². The van der Waals surface area contributed by atoms with Crippen molar-refractivity contribution in [2.24, 2.45) is 17.9 Å². The monoisotopic (exact) mass is 153 g/mol. The molecule has 0 atom stereocenters. The van der Waals surface area contributed by atoms with Crippen molar-refractivity contribution in [1.29, 1.82) is 0 Å². The second-order valence-electron chi connectivity index (χ2n) is 2.12. The molecular formula is C6H11N5. The van der Waals surface area contributed by atoms with E-state index in [0.717, 1.165) is 5.56 Å². The van der Waals surface area contributed by atoms with E-state index in [4.69, 9.17) is 5.84 Å². The predicted octanol–water partition coefficient (Wildman–Crippen LogP) is -0.740. The van der Waals surface area contributed by atoms with Gasteiger partial charge in [0, 0.05) is 20.3 Å². The van der Waals surface area contributed by atoms with Crippen LogP contribution in [-0.4, -0.2) is 22.7 Å². The topological polar surface area (TPSA) is 68.2 Å². The lowest BCUT2D eigenvalue weighted by Gasteiger charge is -1.98. The predicted molar refractivity (Wildman–Crippen MR) is 43.0 cm³/mol. The van der Waals surface area contributed by atoms with Gasteiger partial charge in [0.2, 0.25) is 0 Å². The molecule has 0 aliphatic carbocycles. The second-order valence-corrected chi connectivity index (χ2v) is 2.12. The Bertz CT molecular complexity index is 262. The fraction of sp³-hybridized carbons (Fsp3) is 0.333. The molecule has 11 heavy (non-hydrogen) atoms. The van der Waals surface area contributed by atoms with Gasteiger partial charge < -0.3 is 5.43 Å². The second kappa shape index (κ2) is 3.16. The zero-order chi connectivity index (χ0) is 8.27. The summed E-state index contributed by atoms with van der Waals surface area (Å²) in [6.07, 6.45) is 3.53. The van der Waals surface area contributed by atoms with E-state index < -0.39 is 0 Å². The van der Waals surface area contributed by atoms with Gasteiger partial charge in [-0.25, -0.2) is 5.84 Å². The van der Waals surface area contributed by atoms with Crippen LogP contribution in [0.25, 0.3) is 0 Å². The molecule has 0 saturated heterocycles. The standard InChI is InChI=1S/C6H11N5/c1-8-6(10-7)5-3-9-11(2)4-5/h3-4H,7H2,1-2H3,(H,8,10). The lowest BCUT2D eigenvalue weighted by atomic mass is 10.3. The maximum Gasteiger partial charge on any atom is 0.145 e. The van der Waals surface area contributed by atoms with E-state index in [9.17, 15) is 0 Å². The van der Waals surface area contributed by atoms with Crippen LogP contribution in [0.3, 0.4) is 0 Å². The number of aryl methyl sites for hydroxylation is 1. The van der Waals surface area contributed by atoms with Gasteiger partial charge in [0.1, 0.15) is 5.84 Å². The van der Waals surface area contributed by atoms with Gasteiger partial charge in [0.25, 0.3) is 0 Å². The number of hydrogen-bond donors (Lipinski definition) is 2. The molecule has 0 radical (unpaired) electrons. The molecule has 60 valence electrons. The molecule has 0 aromatic carbocycles. The molecule has 1 heterocycles. The number of amidine groups is 1. The molecule has 1 rings (SSSR count). The van der Waals surface area contributed by atoms with Gasteiger partial charge in [-0.3, -0.25) is 9.67 Å². The summed E-state index contributed by atoms with van der Waals surface area (Å²) in [6, 6.07) is 0. The van der Waals surface area contributed by atoms with Crippen molar-refractivity contribution in [2.45, 2.75) is 0 Å². The summed E-state index contributed by atoms with van der Waals surface area (Å²) >= 11 is 0. The number of aliphatic imine (C=N–C) groups is 1. The minimum Gasteiger partial charge on any atom is -0.308 e. The number of nitrogens with two attached hydrogens (primary N) is 1. The molecule has 0 unspecified atom stereocenters. The van der Waals surface area contributed by atoms with Gasteiger partial charge >= 0.3 is 0 Å². The molecule has 0 saturated carbocycles. The van der Waals surface area contributed by atoms with Crippen LogP contribution >= 0.6 is 0 Å². The molecule has 1 aromatic rings. The molecule has 0 amide bonds. The van der Waals surface area contributed by atoms with Crippen LogP contribution in [-0.2, 0) is 7.05 Å². The normalized spacial score (nSPS) is 11.7. The van der Waals surface area contributed by atoms with Crippen LogP contribution < -0.4 is 11.3 Å². The Kier molecular flexibility index (Phi) is 2.22. The maximum absolute atomic E-state index is 5.21. The van der Waals surface area contributed by atoms with Crippen molar-refractivity contribution < 1.29 is 0 Å². The molecule has 0 fully saturated rings. The van der Waals surface area contributed by atoms with Crippen molar-refractivity contribution in [3.05, 3.63) is 18.0 Å². The summed E-state index contributed by atoms with van der Waals surface area (Å²) in [5, 5.41) is 3.97. The first-order valence-electron chi connectivity index (χ1n) is 3.20. The third-order valence-corrected chi connectivity index (χ3v) is 1.34. The zero-order valence-corrected chi connectivity index (χ0v) is 6.57. The lowest BCUT2D eigenvalue weighted by molar-refractivity contribution is 0.767. The van der Waals surface area contributed by atoms with E-state index in [2.05, 4.69) is 15.5 Å². The average Bonchev–Trinajstić information content (AvgIpc) is 2.39. The van der Waals surface area contributed by atoms with Crippen LogP contribution in [0.4, 0.5) is 0 Å². The molecule has 3 N–H and O–H groups in total. The van der Waals surface area contributed by atoms with E-state index >= 15 is 0 Å². The van der Waals surface area contributed by atoms with E-state index in [1.807, 2.05) is 13.2 Å². The van der Waals surface area contributed by atoms with Gasteiger partial charge in [-0.15, -0.1) is 0 Å². The Morgan fingerprint density at radius 1 is 1.82 bits per heavy atom. The Morgan fingerprint density at radius 2 is 2.55 bits per heavy atom. The fourth-order valence-corrected chi connectivity index (χ4v) is 0.820. The molecule has 5 nitrogen and oxygen atoms in total. The van der Waals surface area contributed by atoms with Crippen LogP contribution in [0.15, 0.2) is 17.4 Å². The number of nitrogens with zero attached hydrogens (tertiary/aromatic N) is 3. The number of aromatic nitrogens is 2. The lowest BCUT2D eigenvalue weighted by Crippen LogP contribution is -2.30. The number of rotatable bonds is 1. The largest absolute Gasteiger partial charge is 0.308 e. The van der Waals surface area contributed by atoms with Crippen molar-refractivity contribution in [3.63, 3.8) is 0 Å². The van der Waals surface area contributed by atoms with E-state index in [1.165, 1.54) is 0 Å². The summed E-state index contributed by atoms with van der Waals surface area (Å²) in [6.45, 7) is 0. The third kappa shape index (κ3) is 1.56. The zero-order valence-electron chi connectivity index (χ0n) is 6.57. The average molecular weight is 153 g/mol. The van der Waals surface area contributed by atoms with Crippen molar-refractivity contribution in [2.75, 3.05) is 7.05 Å². The molecule has 0 bridgehead atoms. The van der Waals surface area contributed by atoms with Crippen LogP contribution in [0.5, 0.6) is 0 Å². The highest BCUT2D eigenvalue weighted by Crippen LogP contribution is 1.95. The molecule has 5 heteroatoms. The Morgan fingerprint density at radius 3 is 2.91 bits per heavy atom. The highest BCUT2D eigenvalue weighted by Gasteiger charge is 2.00. The molecule has 1 aromatic heterocycles. The fourth-order valence-electron chi connectivity index (χ4n) is 0.820. The molecule has 0 spiro atoms. The molecule has 0 aliphatic rings. The SMILES string of the molecule is CN=C(NN)c1cnn(C)c1. The smallest absolute Gasteiger partial charge is 0.145 e. The first-order valence-corrected chi connectivity index (χ1v) is 3.20. The van der Waals surface area contributed by atoms with Gasteiger partial charge in [-0.2, -0.15) is 5.10 Å². The maximum atomic E-state index is 5.21. The van der Waals surface area contributed by atoms with Gasteiger partial charge in [-0.1, -0.05) is 0 Å². The minimum absolute atomic E-state index is 0.637. The summed E-state index contributed by atoms with van der Waals surface area (Å²) in [4.78, 5) is 3.92. The molecular weight excluding hydrogens is 142 g/mol. The quantitative estimate of drug-likeness (QED) is 0.242. The first kappa shape index (κ1) is 7.74. The van der Waals surface area contributed by atoms with Gasteiger partial charge in [0.15, 0.2) is 0 Å². The van der Waals surface area contributed by atoms with E-state index in [-0.39, 0.29) is 0 Å². The Hall–Kier alpha value is -1.36. The highest BCUT2D eigenvalue weighted by molar-refractivity contribution is 5.97. The number of hydrazine groups is 1. The van der Waals surface area contributed by atoms with Crippen LogP contribution in [0.2, 0.25) is 0 Å². The highest BCUT2D eigenvalue weighted by atomic mass is 15.3. The number of hydrogen-bond acceptors (Lipinski definition) is 3. The Labute approximate surface area is 64.9 Å².